The summed E-state index contributed by atoms with van der Waals surface area (Å²) in [6.07, 6.45) is 0. The first-order valence-electron chi connectivity index (χ1n) is 9.59. The Morgan fingerprint density at radius 3 is 2.50 bits per heavy atom. The number of anilines is 2. The average Bonchev–Trinajstić information content (AvgIpc) is 3.22. The third-order valence-electron chi connectivity index (χ3n) is 5.17. The summed E-state index contributed by atoms with van der Waals surface area (Å²) >= 11 is 0. The summed E-state index contributed by atoms with van der Waals surface area (Å²) in [5.41, 5.74) is 5.21. The average molecular weight is 375 g/mol. The molecule has 0 spiro atoms. The number of piperazine rings is 1. The standard InChI is InChI=1S/C22H25N5O/c1-16-8-9-17(2)19(14-16)23-22(28)27-12-10-26(11-13-27)21-15-20(24-25-21)18-6-4-3-5-7-18/h3-9,14-15H,10-13H2,1-2H3,(H,23,28)(H,24,25). The van der Waals surface area contributed by atoms with E-state index in [0.29, 0.717) is 13.1 Å². The van der Waals surface area contributed by atoms with Crippen LogP contribution in [0.2, 0.25) is 0 Å². The van der Waals surface area contributed by atoms with Gasteiger partial charge in [0, 0.05) is 37.9 Å². The van der Waals surface area contributed by atoms with Gasteiger partial charge in [0.2, 0.25) is 0 Å². The lowest BCUT2D eigenvalue weighted by molar-refractivity contribution is 0.208. The Morgan fingerprint density at radius 2 is 1.75 bits per heavy atom. The number of urea groups is 1. The molecule has 2 heterocycles. The number of hydrogen-bond donors (Lipinski definition) is 2. The van der Waals surface area contributed by atoms with Crippen molar-refractivity contribution in [3.8, 4) is 11.3 Å². The van der Waals surface area contributed by atoms with Crippen molar-refractivity contribution in [2.45, 2.75) is 13.8 Å². The Morgan fingerprint density at radius 1 is 1.00 bits per heavy atom. The lowest BCUT2D eigenvalue weighted by Crippen LogP contribution is -2.50. The molecule has 3 aromatic rings. The highest BCUT2D eigenvalue weighted by Crippen LogP contribution is 2.23. The second-order valence-electron chi connectivity index (χ2n) is 7.23. The highest BCUT2D eigenvalue weighted by atomic mass is 16.2. The number of aromatic nitrogens is 2. The first-order valence-corrected chi connectivity index (χ1v) is 9.59. The molecule has 1 saturated heterocycles. The predicted molar refractivity (Wildman–Crippen MR) is 113 cm³/mol. The van der Waals surface area contributed by atoms with Gasteiger partial charge in [0.15, 0.2) is 5.82 Å². The SMILES string of the molecule is Cc1ccc(C)c(NC(=O)N2CCN(c3cc(-c4ccccc4)[nH]n3)CC2)c1. The van der Waals surface area contributed by atoms with Crippen molar-refractivity contribution in [1.82, 2.24) is 15.1 Å². The Hall–Kier alpha value is -3.28. The molecule has 28 heavy (non-hydrogen) atoms. The summed E-state index contributed by atoms with van der Waals surface area (Å²) in [7, 11) is 0. The number of nitrogens with one attached hydrogen (secondary N) is 2. The van der Waals surface area contributed by atoms with E-state index in [9.17, 15) is 4.79 Å². The van der Waals surface area contributed by atoms with Crippen LogP contribution in [0.4, 0.5) is 16.3 Å². The van der Waals surface area contributed by atoms with E-state index in [4.69, 9.17) is 0 Å². The van der Waals surface area contributed by atoms with Crippen molar-refractivity contribution in [2.24, 2.45) is 0 Å². The second-order valence-corrected chi connectivity index (χ2v) is 7.23. The van der Waals surface area contributed by atoms with Crippen molar-refractivity contribution < 1.29 is 4.79 Å². The second kappa shape index (κ2) is 7.76. The molecule has 0 unspecified atom stereocenters. The summed E-state index contributed by atoms with van der Waals surface area (Å²) in [5, 5.41) is 10.6. The zero-order valence-corrected chi connectivity index (χ0v) is 16.3. The zero-order chi connectivity index (χ0) is 19.5. The third-order valence-corrected chi connectivity index (χ3v) is 5.17. The summed E-state index contributed by atoms with van der Waals surface area (Å²) in [4.78, 5) is 16.7. The molecule has 2 amide bonds. The molecule has 1 fully saturated rings. The monoisotopic (exact) mass is 375 g/mol. The van der Waals surface area contributed by atoms with Crippen LogP contribution in [-0.2, 0) is 0 Å². The summed E-state index contributed by atoms with van der Waals surface area (Å²) in [5.74, 6) is 0.924. The molecule has 0 aliphatic carbocycles. The Labute approximate surface area is 165 Å². The van der Waals surface area contributed by atoms with Gasteiger partial charge in [-0.2, -0.15) is 5.10 Å². The van der Waals surface area contributed by atoms with Gasteiger partial charge in [-0.15, -0.1) is 0 Å². The van der Waals surface area contributed by atoms with Gasteiger partial charge in [-0.05, 0) is 36.6 Å². The van der Waals surface area contributed by atoms with Crippen LogP contribution in [0, 0.1) is 13.8 Å². The largest absolute Gasteiger partial charge is 0.352 e. The molecular weight excluding hydrogens is 350 g/mol. The van der Waals surface area contributed by atoms with Gasteiger partial charge in [0.1, 0.15) is 0 Å². The minimum Gasteiger partial charge on any atom is -0.352 e. The zero-order valence-electron chi connectivity index (χ0n) is 16.3. The smallest absolute Gasteiger partial charge is 0.321 e. The van der Waals surface area contributed by atoms with Crippen LogP contribution in [0.25, 0.3) is 11.3 Å². The third kappa shape index (κ3) is 3.86. The van der Waals surface area contributed by atoms with Crippen molar-refractivity contribution >= 4 is 17.5 Å². The maximum absolute atomic E-state index is 12.6. The van der Waals surface area contributed by atoms with Crippen LogP contribution >= 0.6 is 0 Å². The normalized spacial score (nSPS) is 14.2. The van der Waals surface area contributed by atoms with E-state index < -0.39 is 0 Å². The molecule has 2 N–H and O–H groups in total. The number of nitrogens with zero attached hydrogens (tertiary/aromatic N) is 3. The summed E-state index contributed by atoms with van der Waals surface area (Å²) in [6, 6.07) is 18.3. The van der Waals surface area contributed by atoms with E-state index in [1.807, 2.05) is 49.1 Å². The quantitative estimate of drug-likeness (QED) is 0.726. The van der Waals surface area contributed by atoms with Crippen LogP contribution in [-0.4, -0.2) is 47.3 Å². The van der Waals surface area contributed by atoms with E-state index in [2.05, 4.69) is 44.7 Å². The van der Waals surface area contributed by atoms with Gasteiger partial charge in [-0.1, -0.05) is 42.5 Å². The Bertz CT molecular complexity index is 958. The van der Waals surface area contributed by atoms with E-state index in [1.165, 1.54) is 0 Å². The van der Waals surface area contributed by atoms with Crippen LogP contribution < -0.4 is 10.2 Å². The van der Waals surface area contributed by atoms with Gasteiger partial charge in [0.25, 0.3) is 0 Å². The van der Waals surface area contributed by atoms with Crippen LogP contribution in [0.5, 0.6) is 0 Å². The van der Waals surface area contributed by atoms with E-state index in [1.54, 1.807) is 0 Å². The van der Waals surface area contributed by atoms with Crippen molar-refractivity contribution in [3.63, 3.8) is 0 Å². The Kier molecular flexibility index (Phi) is 5.02. The van der Waals surface area contributed by atoms with Crippen LogP contribution in [0.1, 0.15) is 11.1 Å². The van der Waals surface area contributed by atoms with E-state index in [0.717, 1.165) is 47.0 Å². The molecule has 0 atom stereocenters. The highest BCUT2D eigenvalue weighted by molar-refractivity contribution is 5.90. The summed E-state index contributed by atoms with van der Waals surface area (Å²) < 4.78 is 0. The fourth-order valence-corrected chi connectivity index (χ4v) is 3.44. The lowest BCUT2D eigenvalue weighted by atomic mass is 10.1. The maximum Gasteiger partial charge on any atom is 0.321 e. The topological polar surface area (TPSA) is 64.3 Å². The lowest BCUT2D eigenvalue weighted by Gasteiger charge is -2.34. The number of carbonyl (C=O) groups is 1. The summed E-state index contributed by atoms with van der Waals surface area (Å²) in [6.45, 7) is 6.91. The highest BCUT2D eigenvalue weighted by Gasteiger charge is 2.23. The first kappa shape index (κ1) is 18.1. The molecular formula is C22H25N5O. The number of carbonyl (C=O) groups excluding carboxylic acids is 1. The molecule has 1 aliphatic heterocycles. The van der Waals surface area contributed by atoms with Crippen molar-refractivity contribution in [3.05, 3.63) is 65.7 Å². The molecule has 6 nitrogen and oxygen atoms in total. The maximum atomic E-state index is 12.6. The molecule has 144 valence electrons. The molecule has 6 heteroatoms. The number of aromatic amines is 1. The van der Waals surface area contributed by atoms with Gasteiger partial charge in [-0.25, -0.2) is 4.79 Å². The van der Waals surface area contributed by atoms with E-state index in [-0.39, 0.29) is 6.03 Å². The number of aryl methyl sites for hydroxylation is 2. The molecule has 0 saturated carbocycles. The van der Waals surface area contributed by atoms with Crippen LogP contribution in [0.3, 0.4) is 0 Å². The first-order chi connectivity index (χ1) is 13.6. The van der Waals surface area contributed by atoms with Crippen molar-refractivity contribution in [1.29, 1.82) is 0 Å². The molecule has 4 rings (SSSR count). The minimum atomic E-state index is -0.0413. The van der Waals surface area contributed by atoms with Gasteiger partial charge in [-0.3, -0.25) is 5.10 Å². The number of rotatable bonds is 3. The predicted octanol–water partition coefficient (Wildman–Crippen LogP) is 4.05. The molecule has 2 aromatic carbocycles. The van der Waals surface area contributed by atoms with Crippen LogP contribution in [0.15, 0.2) is 54.6 Å². The number of hydrogen-bond acceptors (Lipinski definition) is 3. The van der Waals surface area contributed by atoms with Gasteiger partial charge < -0.3 is 15.1 Å². The van der Waals surface area contributed by atoms with Crippen molar-refractivity contribution in [2.75, 3.05) is 36.4 Å². The number of amides is 2. The molecule has 0 radical (unpaired) electrons. The fraction of sp³-hybridized carbons (Fsp3) is 0.273. The number of H-pyrrole nitrogens is 1. The van der Waals surface area contributed by atoms with Gasteiger partial charge >= 0.3 is 6.03 Å². The van der Waals surface area contributed by atoms with Gasteiger partial charge in [0.05, 0.1) is 5.69 Å². The molecule has 1 aromatic heterocycles. The molecule has 0 bridgehead atoms. The fourth-order valence-electron chi connectivity index (χ4n) is 3.44. The Balaban J connectivity index is 1.36. The van der Waals surface area contributed by atoms with E-state index >= 15 is 0 Å². The molecule has 1 aliphatic rings. The minimum absolute atomic E-state index is 0.0413. The number of benzene rings is 2.